The fraction of sp³-hybridized carbons (Fsp3) is 0.333. The predicted molar refractivity (Wildman–Crippen MR) is 68.2 cm³/mol. The second-order valence-electron chi connectivity index (χ2n) is 3.47. The summed E-state index contributed by atoms with van der Waals surface area (Å²) in [7, 11) is 2.64. The average molecular weight is 291 g/mol. The fourth-order valence-electron chi connectivity index (χ4n) is 1.42. The molecule has 0 unspecified atom stereocenters. The van der Waals surface area contributed by atoms with Crippen LogP contribution in [-0.2, 0) is 14.3 Å². The van der Waals surface area contributed by atoms with Crippen molar-refractivity contribution < 1.29 is 19.1 Å². The number of halogens is 2. The summed E-state index contributed by atoms with van der Waals surface area (Å²) in [6.07, 6.45) is -1.40. The Hall–Kier alpha value is -0.940. The summed E-state index contributed by atoms with van der Waals surface area (Å²) in [4.78, 5) is 23.5. The number of rotatable bonds is 6. The first-order valence-electron chi connectivity index (χ1n) is 5.06. The van der Waals surface area contributed by atoms with Gasteiger partial charge in [0.25, 0.3) is 0 Å². The summed E-state index contributed by atoms with van der Waals surface area (Å²) in [5.74, 6) is -0.896. The highest BCUT2D eigenvalue weighted by Crippen LogP contribution is 2.26. The van der Waals surface area contributed by atoms with Crippen molar-refractivity contribution in [3.05, 3.63) is 33.8 Å². The molecule has 0 aliphatic rings. The molecule has 18 heavy (non-hydrogen) atoms. The molecule has 0 N–H and O–H groups in total. The molecule has 4 nitrogen and oxygen atoms in total. The summed E-state index contributed by atoms with van der Waals surface area (Å²) in [6.45, 7) is 0. The zero-order valence-corrected chi connectivity index (χ0v) is 11.4. The number of hydrogen-bond acceptors (Lipinski definition) is 4. The van der Waals surface area contributed by atoms with Crippen molar-refractivity contribution in [2.24, 2.45) is 0 Å². The van der Waals surface area contributed by atoms with Crippen LogP contribution in [0.4, 0.5) is 0 Å². The van der Waals surface area contributed by atoms with Crippen LogP contribution < -0.4 is 0 Å². The van der Waals surface area contributed by atoms with Gasteiger partial charge in [0.15, 0.2) is 11.6 Å². The van der Waals surface area contributed by atoms with Crippen LogP contribution in [0.25, 0.3) is 0 Å². The second-order valence-corrected chi connectivity index (χ2v) is 4.26. The van der Waals surface area contributed by atoms with Gasteiger partial charge in [0.1, 0.15) is 0 Å². The van der Waals surface area contributed by atoms with Crippen LogP contribution in [0.2, 0.25) is 10.0 Å². The van der Waals surface area contributed by atoms with E-state index >= 15 is 0 Å². The van der Waals surface area contributed by atoms with Crippen LogP contribution in [0.15, 0.2) is 18.2 Å². The molecule has 1 aromatic rings. The minimum absolute atomic E-state index is 0.142. The van der Waals surface area contributed by atoms with Crippen LogP contribution in [0.1, 0.15) is 16.8 Å². The van der Waals surface area contributed by atoms with Gasteiger partial charge in [0, 0.05) is 19.8 Å². The lowest BCUT2D eigenvalue weighted by atomic mass is 10.1. The van der Waals surface area contributed by atoms with Crippen LogP contribution in [0.5, 0.6) is 0 Å². The molecule has 0 amide bonds. The lowest BCUT2D eigenvalue weighted by Gasteiger charge is -2.11. The molecular weight excluding hydrogens is 279 g/mol. The number of methoxy groups -OCH3 is 2. The normalized spacial score (nSPS) is 10.7. The maximum absolute atomic E-state index is 11.9. The van der Waals surface area contributed by atoms with Gasteiger partial charge >= 0.3 is 0 Å². The van der Waals surface area contributed by atoms with Gasteiger partial charge in [-0.1, -0.05) is 29.3 Å². The molecule has 0 saturated heterocycles. The van der Waals surface area contributed by atoms with Crippen molar-refractivity contribution in [1.82, 2.24) is 0 Å². The minimum atomic E-state index is -1.05. The van der Waals surface area contributed by atoms with E-state index in [1.54, 1.807) is 12.1 Å². The molecule has 0 heterocycles. The SMILES string of the molecule is COC(OC)C(=O)CC(=O)c1cccc(Cl)c1Cl. The molecule has 6 heteroatoms. The summed E-state index contributed by atoms with van der Waals surface area (Å²) in [6, 6.07) is 4.67. The smallest absolute Gasteiger partial charge is 0.217 e. The number of Topliss-reactive ketones (excluding diaryl/α,β-unsaturated/α-hetero) is 2. The van der Waals surface area contributed by atoms with Gasteiger partial charge in [0.05, 0.1) is 16.5 Å². The lowest BCUT2D eigenvalue weighted by molar-refractivity contribution is -0.155. The topological polar surface area (TPSA) is 52.6 Å². The molecule has 0 aliphatic heterocycles. The maximum Gasteiger partial charge on any atom is 0.217 e. The number of hydrogen-bond donors (Lipinski definition) is 0. The average Bonchev–Trinajstić information content (AvgIpc) is 2.34. The van der Waals surface area contributed by atoms with Gasteiger partial charge in [-0.05, 0) is 12.1 Å². The molecular formula is C12H12Cl2O4. The number of carbonyl (C=O) groups is 2. The first-order valence-corrected chi connectivity index (χ1v) is 5.82. The van der Waals surface area contributed by atoms with Crippen LogP contribution in [0, 0.1) is 0 Å². The molecule has 0 atom stereocenters. The van der Waals surface area contributed by atoms with E-state index < -0.39 is 17.9 Å². The van der Waals surface area contributed by atoms with Crippen molar-refractivity contribution >= 4 is 34.8 Å². The van der Waals surface area contributed by atoms with E-state index in [1.807, 2.05) is 0 Å². The molecule has 0 saturated carbocycles. The Labute approximate surface area is 115 Å². The molecule has 98 valence electrons. The standard InChI is InChI=1S/C12H12Cl2O4/c1-17-12(18-2)10(16)6-9(15)7-4-3-5-8(13)11(7)14/h3-5,12H,6H2,1-2H3. The van der Waals surface area contributed by atoms with E-state index in [1.165, 1.54) is 20.3 Å². The molecule has 0 aliphatic carbocycles. The lowest BCUT2D eigenvalue weighted by Crippen LogP contribution is -2.27. The minimum Gasteiger partial charge on any atom is -0.349 e. The first-order chi connectivity index (χ1) is 8.51. The Balaban J connectivity index is 2.83. The van der Waals surface area contributed by atoms with Gasteiger partial charge in [-0.3, -0.25) is 9.59 Å². The van der Waals surface area contributed by atoms with Gasteiger partial charge in [0.2, 0.25) is 6.29 Å². The zero-order valence-electron chi connectivity index (χ0n) is 9.91. The van der Waals surface area contributed by atoms with E-state index in [0.29, 0.717) is 0 Å². The molecule has 0 radical (unpaired) electrons. The quantitative estimate of drug-likeness (QED) is 0.459. The molecule has 0 fully saturated rings. The molecule has 1 rings (SSSR count). The van der Waals surface area contributed by atoms with Crippen molar-refractivity contribution in [2.75, 3.05) is 14.2 Å². The third-order valence-corrected chi connectivity index (χ3v) is 3.10. The number of benzene rings is 1. The fourth-order valence-corrected chi connectivity index (χ4v) is 1.82. The largest absolute Gasteiger partial charge is 0.349 e. The third kappa shape index (κ3) is 3.53. The van der Waals surface area contributed by atoms with Gasteiger partial charge in [-0.25, -0.2) is 0 Å². The van der Waals surface area contributed by atoms with Crippen molar-refractivity contribution in [2.45, 2.75) is 12.7 Å². The highest BCUT2D eigenvalue weighted by Gasteiger charge is 2.22. The Morgan fingerprint density at radius 2 is 1.83 bits per heavy atom. The van der Waals surface area contributed by atoms with Crippen molar-refractivity contribution in [1.29, 1.82) is 0 Å². The summed E-state index contributed by atoms with van der Waals surface area (Å²) < 4.78 is 9.54. The molecule has 0 spiro atoms. The number of ether oxygens (including phenoxy) is 2. The first kappa shape index (κ1) is 15.1. The van der Waals surface area contributed by atoms with Crippen LogP contribution in [-0.4, -0.2) is 32.1 Å². The highest BCUT2D eigenvalue weighted by molar-refractivity contribution is 6.44. The summed E-state index contributed by atoms with van der Waals surface area (Å²) in [5, 5.41) is 0.411. The second kappa shape index (κ2) is 6.85. The molecule has 0 bridgehead atoms. The van der Waals surface area contributed by atoms with Crippen molar-refractivity contribution in [3.63, 3.8) is 0 Å². The van der Waals surface area contributed by atoms with E-state index in [0.717, 1.165) is 0 Å². The highest BCUT2D eigenvalue weighted by atomic mass is 35.5. The maximum atomic E-state index is 11.9. The van der Waals surface area contributed by atoms with E-state index in [9.17, 15) is 9.59 Å². The summed E-state index contributed by atoms with van der Waals surface area (Å²) in [5.41, 5.74) is 0.212. The molecule has 0 aromatic heterocycles. The van der Waals surface area contributed by atoms with Gasteiger partial charge in [-0.2, -0.15) is 0 Å². The predicted octanol–water partition coefficient (Wildman–Crippen LogP) is 2.75. The summed E-state index contributed by atoms with van der Waals surface area (Å²) >= 11 is 11.7. The van der Waals surface area contributed by atoms with Gasteiger partial charge < -0.3 is 9.47 Å². The van der Waals surface area contributed by atoms with Gasteiger partial charge in [-0.15, -0.1) is 0 Å². The Morgan fingerprint density at radius 1 is 1.22 bits per heavy atom. The number of carbonyl (C=O) groups excluding carboxylic acids is 2. The van der Waals surface area contributed by atoms with Crippen LogP contribution >= 0.6 is 23.2 Å². The molecule has 1 aromatic carbocycles. The monoisotopic (exact) mass is 290 g/mol. The third-order valence-electron chi connectivity index (χ3n) is 2.28. The van der Waals surface area contributed by atoms with E-state index in [-0.39, 0.29) is 22.0 Å². The number of ketones is 2. The Bertz CT molecular complexity index is 455. The van der Waals surface area contributed by atoms with E-state index in [2.05, 4.69) is 0 Å². The van der Waals surface area contributed by atoms with Crippen molar-refractivity contribution in [3.8, 4) is 0 Å². The Morgan fingerprint density at radius 3 is 2.39 bits per heavy atom. The van der Waals surface area contributed by atoms with Crippen LogP contribution in [0.3, 0.4) is 0 Å². The van der Waals surface area contributed by atoms with E-state index in [4.69, 9.17) is 32.7 Å². The zero-order chi connectivity index (χ0) is 13.7. The Kier molecular flexibility index (Phi) is 5.75.